The number of benzene rings is 1. The molecule has 114 valence electrons. The fraction of sp³-hybridized carbons (Fsp3) is 0.533. The fourth-order valence-electron chi connectivity index (χ4n) is 2.94. The number of fused-ring (bicyclic) bond motifs is 1. The van der Waals surface area contributed by atoms with E-state index < -0.39 is 0 Å². The zero-order valence-corrected chi connectivity index (χ0v) is 12.5. The lowest BCUT2D eigenvalue weighted by molar-refractivity contribution is -0.130. The molecule has 0 N–H and O–H groups in total. The maximum absolute atomic E-state index is 13.2. The third-order valence-corrected chi connectivity index (χ3v) is 4.29. The molecule has 4 nitrogen and oxygen atoms in total. The largest absolute Gasteiger partial charge is 0.488 e. The van der Waals surface area contributed by atoms with Crippen molar-refractivity contribution in [3.8, 4) is 5.75 Å². The van der Waals surface area contributed by atoms with Crippen LogP contribution >= 0.6 is 11.6 Å². The molecule has 0 aromatic heterocycles. The van der Waals surface area contributed by atoms with E-state index in [9.17, 15) is 9.18 Å². The third-order valence-electron chi connectivity index (χ3n) is 4.06. The standard InChI is InChI=1S/C15H18ClFN2O2/c16-9-15(20)19-5-3-18(4-6-19)10-13-8-11-7-12(17)1-2-14(11)21-13/h1-2,7,13H,3-6,8-10H2. The maximum atomic E-state index is 13.2. The lowest BCUT2D eigenvalue weighted by atomic mass is 10.1. The van der Waals surface area contributed by atoms with E-state index in [4.69, 9.17) is 16.3 Å². The van der Waals surface area contributed by atoms with Gasteiger partial charge in [0.25, 0.3) is 0 Å². The molecule has 2 aliphatic heterocycles. The smallest absolute Gasteiger partial charge is 0.237 e. The molecule has 0 radical (unpaired) electrons. The van der Waals surface area contributed by atoms with Crippen molar-refractivity contribution >= 4 is 17.5 Å². The highest BCUT2D eigenvalue weighted by atomic mass is 35.5. The number of hydrogen-bond acceptors (Lipinski definition) is 3. The second kappa shape index (κ2) is 6.20. The number of carbonyl (C=O) groups is 1. The van der Waals surface area contributed by atoms with Gasteiger partial charge in [0.05, 0.1) is 0 Å². The summed E-state index contributed by atoms with van der Waals surface area (Å²) in [6.07, 6.45) is 0.811. The van der Waals surface area contributed by atoms with Crippen LogP contribution in [-0.2, 0) is 11.2 Å². The molecule has 0 aliphatic carbocycles. The van der Waals surface area contributed by atoms with E-state index in [1.165, 1.54) is 6.07 Å². The van der Waals surface area contributed by atoms with Crippen LogP contribution in [0.3, 0.4) is 0 Å². The number of amides is 1. The normalized spacial score (nSPS) is 22.0. The van der Waals surface area contributed by atoms with E-state index in [2.05, 4.69) is 4.90 Å². The Kier molecular flexibility index (Phi) is 4.31. The Morgan fingerprint density at radius 2 is 2.10 bits per heavy atom. The van der Waals surface area contributed by atoms with Crippen molar-refractivity contribution in [2.75, 3.05) is 38.6 Å². The first-order chi connectivity index (χ1) is 10.2. The van der Waals surface area contributed by atoms with Gasteiger partial charge in [0, 0.05) is 44.7 Å². The number of nitrogens with zero attached hydrogens (tertiary/aromatic N) is 2. The van der Waals surface area contributed by atoms with Crippen LogP contribution in [-0.4, -0.2) is 60.4 Å². The van der Waals surface area contributed by atoms with Crippen molar-refractivity contribution in [3.05, 3.63) is 29.6 Å². The summed E-state index contributed by atoms with van der Waals surface area (Å²) in [5.41, 5.74) is 0.941. The van der Waals surface area contributed by atoms with Crippen molar-refractivity contribution in [1.29, 1.82) is 0 Å². The summed E-state index contributed by atoms with van der Waals surface area (Å²) in [5.74, 6) is 0.618. The Hall–Kier alpha value is -1.33. The third kappa shape index (κ3) is 3.30. The van der Waals surface area contributed by atoms with Gasteiger partial charge in [-0.15, -0.1) is 11.6 Å². The molecule has 0 bridgehead atoms. The molecule has 1 aromatic carbocycles. The highest BCUT2D eigenvalue weighted by Gasteiger charge is 2.27. The van der Waals surface area contributed by atoms with Crippen LogP contribution in [0.25, 0.3) is 0 Å². The van der Waals surface area contributed by atoms with Crippen LogP contribution in [0.4, 0.5) is 4.39 Å². The van der Waals surface area contributed by atoms with Crippen molar-refractivity contribution < 1.29 is 13.9 Å². The molecular weight excluding hydrogens is 295 g/mol. The zero-order valence-electron chi connectivity index (χ0n) is 11.7. The summed E-state index contributed by atoms with van der Waals surface area (Å²) in [7, 11) is 0. The average molecular weight is 313 g/mol. The Balaban J connectivity index is 1.50. The Bertz CT molecular complexity index is 532. The Morgan fingerprint density at radius 3 is 2.81 bits per heavy atom. The highest BCUT2D eigenvalue weighted by molar-refractivity contribution is 6.27. The molecule has 0 saturated carbocycles. The predicted molar refractivity (Wildman–Crippen MR) is 78.3 cm³/mol. The van der Waals surface area contributed by atoms with Crippen LogP contribution in [0, 0.1) is 5.82 Å². The summed E-state index contributed by atoms with van der Waals surface area (Å²) < 4.78 is 19.0. The average Bonchev–Trinajstić information content (AvgIpc) is 2.88. The first-order valence-corrected chi connectivity index (χ1v) is 7.70. The van der Waals surface area contributed by atoms with Crippen molar-refractivity contribution in [2.24, 2.45) is 0 Å². The number of ether oxygens (including phenoxy) is 1. The summed E-state index contributed by atoms with van der Waals surface area (Å²) in [4.78, 5) is 15.6. The van der Waals surface area contributed by atoms with Crippen LogP contribution in [0.1, 0.15) is 5.56 Å². The van der Waals surface area contributed by atoms with E-state index in [0.717, 1.165) is 37.4 Å². The second-order valence-electron chi connectivity index (χ2n) is 5.51. The molecule has 21 heavy (non-hydrogen) atoms. The second-order valence-corrected chi connectivity index (χ2v) is 5.78. The van der Waals surface area contributed by atoms with Gasteiger partial charge in [-0.25, -0.2) is 4.39 Å². The topological polar surface area (TPSA) is 32.8 Å². The Labute approximate surface area is 128 Å². The predicted octanol–water partition coefficient (Wildman–Crippen LogP) is 1.51. The minimum atomic E-state index is -0.216. The molecule has 0 spiro atoms. The molecule has 3 rings (SSSR count). The van der Waals surface area contributed by atoms with E-state index >= 15 is 0 Å². The summed E-state index contributed by atoms with van der Waals surface area (Å²) in [6, 6.07) is 4.67. The molecule has 1 amide bonds. The summed E-state index contributed by atoms with van der Waals surface area (Å²) >= 11 is 5.57. The number of halogens is 2. The molecule has 1 atom stereocenters. The van der Waals surface area contributed by atoms with Crippen LogP contribution in [0.15, 0.2) is 18.2 Å². The molecule has 2 aliphatic rings. The maximum Gasteiger partial charge on any atom is 0.237 e. The van der Waals surface area contributed by atoms with Gasteiger partial charge in [-0.2, -0.15) is 0 Å². The lowest BCUT2D eigenvalue weighted by Gasteiger charge is -2.35. The van der Waals surface area contributed by atoms with Gasteiger partial charge in [0.1, 0.15) is 23.6 Å². The van der Waals surface area contributed by atoms with E-state index in [1.807, 2.05) is 0 Å². The van der Waals surface area contributed by atoms with Gasteiger partial charge < -0.3 is 9.64 Å². The first kappa shape index (κ1) is 14.6. The highest BCUT2D eigenvalue weighted by Crippen LogP contribution is 2.29. The lowest BCUT2D eigenvalue weighted by Crippen LogP contribution is -2.51. The van der Waals surface area contributed by atoms with E-state index in [-0.39, 0.29) is 23.7 Å². The SMILES string of the molecule is O=C(CCl)N1CCN(CC2Cc3cc(F)ccc3O2)CC1. The van der Waals surface area contributed by atoms with Gasteiger partial charge >= 0.3 is 0 Å². The molecule has 1 saturated heterocycles. The fourth-order valence-corrected chi connectivity index (χ4v) is 3.11. The number of carbonyl (C=O) groups excluding carboxylic acids is 1. The molecule has 1 aromatic rings. The number of hydrogen-bond donors (Lipinski definition) is 0. The minimum absolute atomic E-state index is 0.00341. The molecule has 1 fully saturated rings. The van der Waals surface area contributed by atoms with Gasteiger partial charge in [-0.05, 0) is 18.2 Å². The van der Waals surface area contributed by atoms with Crippen molar-refractivity contribution in [2.45, 2.75) is 12.5 Å². The zero-order chi connectivity index (χ0) is 14.8. The van der Waals surface area contributed by atoms with Gasteiger partial charge in [0.15, 0.2) is 0 Å². The molecular formula is C15H18ClFN2O2. The van der Waals surface area contributed by atoms with Crippen LogP contribution < -0.4 is 4.74 Å². The van der Waals surface area contributed by atoms with Crippen molar-refractivity contribution in [1.82, 2.24) is 9.80 Å². The monoisotopic (exact) mass is 312 g/mol. The summed E-state index contributed by atoms with van der Waals surface area (Å²) in [5, 5.41) is 0. The van der Waals surface area contributed by atoms with Crippen molar-refractivity contribution in [3.63, 3.8) is 0 Å². The minimum Gasteiger partial charge on any atom is -0.488 e. The number of piperazine rings is 1. The van der Waals surface area contributed by atoms with Crippen LogP contribution in [0.5, 0.6) is 5.75 Å². The van der Waals surface area contributed by atoms with Gasteiger partial charge in [0.2, 0.25) is 5.91 Å². The van der Waals surface area contributed by atoms with Gasteiger partial charge in [-0.1, -0.05) is 0 Å². The molecule has 2 heterocycles. The van der Waals surface area contributed by atoms with Crippen LogP contribution in [0.2, 0.25) is 0 Å². The van der Waals surface area contributed by atoms with Gasteiger partial charge in [-0.3, -0.25) is 9.69 Å². The molecule has 1 unspecified atom stereocenters. The number of rotatable bonds is 3. The van der Waals surface area contributed by atoms with E-state index in [0.29, 0.717) is 13.1 Å². The summed E-state index contributed by atoms with van der Waals surface area (Å²) in [6.45, 7) is 3.87. The molecule has 6 heteroatoms. The Morgan fingerprint density at radius 1 is 1.33 bits per heavy atom. The van der Waals surface area contributed by atoms with E-state index in [1.54, 1.807) is 17.0 Å². The first-order valence-electron chi connectivity index (χ1n) is 7.17. The number of alkyl halides is 1. The quantitative estimate of drug-likeness (QED) is 0.793.